The first kappa shape index (κ1) is 12.4. The number of morpholine rings is 1. The van der Waals surface area contributed by atoms with Crippen LogP contribution in [0.3, 0.4) is 0 Å². The highest BCUT2D eigenvalue weighted by molar-refractivity contribution is 5.07. The molecule has 1 N–H and O–H groups in total. The smallest absolute Gasteiger partial charge is 0.105 e. The average Bonchev–Trinajstić information content (AvgIpc) is 3.11. The topological polar surface area (TPSA) is 48.3 Å². The van der Waals surface area contributed by atoms with E-state index in [0.717, 1.165) is 26.1 Å². The fourth-order valence-corrected chi connectivity index (χ4v) is 3.10. The molecule has 2 aliphatic heterocycles. The molecule has 3 unspecified atom stereocenters. The summed E-state index contributed by atoms with van der Waals surface area (Å²) in [6.45, 7) is 5.17. The van der Waals surface area contributed by atoms with E-state index in [1.165, 1.54) is 25.7 Å². The van der Waals surface area contributed by atoms with Crippen LogP contribution in [0, 0.1) is 11.3 Å². The van der Waals surface area contributed by atoms with Crippen molar-refractivity contribution in [1.29, 1.82) is 5.26 Å². The third kappa shape index (κ3) is 2.85. The van der Waals surface area contributed by atoms with Gasteiger partial charge in [0.15, 0.2) is 0 Å². The first-order chi connectivity index (χ1) is 8.67. The molecule has 2 heterocycles. The Bertz CT molecular complexity index is 337. The summed E-state index contributed by atoms with van der Waals surface area (Å²) in [6.07, 6.45) is 6.73. The molecule has 1 saturated carbocycles. The third-order valence-electron chi connectivity index (χ3n) is 4.39. The molecule has 0 radical (unpaired) electrons. The molecular weight excluding hydrogens is 226 g/mol. The van der Waals surface area contributed by atoms with Crippen molar-refractivity contribution in [3.8, 4) is 6.07 Å². The number of fused-ring (bicyclic) bond motifs is 2. The van der Waals surface area contributed by atoms with Crippen molar-refractivity contribution >= 4 is 0 Å². The lowest BCUT2D eigenvalue weighted by Gasteiger charge is -2.34. The molecule has 100 valence electrons. The first-order valence-electron chi connectivity index (χ1n) is 7.24. The molecule has 18 heavy (non-hydrogen) atoms. The SMILES string of the molecule is CC(C#N)(CCN1CC2CCC(C1)O2)NC1CC1. The molecule has 0 aromatic rings. The van der Waals surface area contributed by atoms with Gasteiger partial charge in [0, 0.05) is 25.7 Å². The van der Waals surface area contributed by atoms with E-state index in [-0.39, 0.29) is 5.54 Å². The molecule has 3 aliphatic rings. The first-order valence-corrected chi connectivity index (χ1v) is 7.24. The minimum absolute atomic E-state index is 0.349. The predicted octanol–water partition coefficient (Wildman–Crippen LogP) is 1.27. The Balaban J connectivity index is 1.49. The van der Waals surface area contributed by atoms with Crippen LogP contribution in [0.2, 0.25) is 0 Å². The Morgan fingerprint density at radius 2 is 1.94 bits per heavy atom. The van der Waals surface area contributed by atoms with Gasteiger partial charge in [-0.05, 0) is 39.0 Å². The van der Waals surface area contributed by atoms with Crippen molar-refractivity contribution in [2.45, 2.75) is 62.8 Å². The number of nitriles is 1. The number of hydrogen-bond acceptors (Lipinski definition) is 4. The van der Waals surface area contributed by atoms with Crippen LogP contribution < -0.4 is 5.32 Å². The van der Waals surface area contributed by atoms with Crippen molar-refractivity contribution < 1.29 is 4.74 Å². The van der Waals surface area contributed by atoms with E-state index in [4.69, 9.17) is 4.74 Å². The summed E-state index contributed by atoms with van der Waals surface area (Å²) in [7, 11) is 0. The summed E-state index contributed by atoms with van der Waals surface area (Å²) < 4.78 is 5.84. The zero-order chi connectivity index (χ0) is 12.6. The van der Waals surface area contributed by atoms with Crippen molar-refractivity contribution in [3.05, 3.63) is 0 Å². The molecule has 4 nitrogen and oxygen atoms in total. The van der Waals surface area contributed by atoms with Crippen molar-refractivity contribution in [1.82, 2.24) is 10.2 Å². The number of rotatable bonds is 5. The molecule has 0 aromatic carbocycles. The molecule has 2 bridgehead atoms. The number of likely N-dealkylation sites (tertiary alicyclic amines) is 1. The van der Waals surface area contributed by atoms with Crippen LogP contribution in [0.5, 0.6) is 0 Å². The van der Waals surface area contributed by atoms with Crippen molar-refractivity contribution in [2.24, 2.45) is 0 Å². The summed E-state index contributed by atoms with van der Waals surface area (Å²) in [5.74, 6) is 0. The largest absolute Gasteiger partial charge is 0.372 e. The van der Waals surface area contributed by atoms with Crippen LogP contribution in [0.1, 0.15) is 39.0 Å². The summed E-state index contributed by atoms with van der Waals surface area (Å²) in [5.41, 5.74) is -0.349. The maximum absolute atomic E-state index is 9.35. The highest BCUT2D eigenvalue weighted by Crippen LogP contribution is 2.28. The summed E-state index contributed by atoms with van der Waals surface area (Å²) in [5, 5.41) is 12.8. The van der Waals surface area contributed by atoms with Crippen molar-refractivity contribution in [2.75, 3.05) is 19.6 Å². The maximum Gasteiger partial charge on any atom is 0.105 e. The van der Waals surface area contributed by atoms with E-state index in [9.17, 15) is 5.26 Å². The molecular formula is C14H23N3O. The van der Waals surface area contributed by atoms with Gasteiger partial charge < -0.3 is 4.74 Å². The zero-order valence-corrected chi connectivity index (χ0v) is 11.2. The van der Waals surface area contributed by atoms with Crippen LogP contribution in [-0.4, -0.2) is 48.3 Å². The van der Waals surface area contributed by atoms with Crippen LogP contribution in [0.15, 0.2) is 0 Å². The monoisotopic (exact) mass is 249 g/mol. The Hall–Kier alpha value is -0.630. The minimum Gasteiger partial charge on any atom is -0.372 e. The van der Waals surface area contributed by atoms with E-state index in [0.29, 0.717) is 18.2 Å². The van der Waals surface area contributed by atoms with Gasteiger partial charge in [-0.25, -0.2) is 0 Å². The molecule has 2 saturated heterocycles. The Labute approximate surface area is 109 Å². The molecule has 0 spiro atoms. The molecule has 4 heteroatoms. The fraction of sp³-hybridized carbons (Fsp3) is 0.929. The summed E-state index contributed by atoms with van der Waals surface area (Å²) in [6, 6.07) is 3.05. The third-order valence-corrected chi connectivity index (χ3v) is 4.39. The number of nitrogens with zero attached hydrogens (tertiary/aromatic N) is 2. The Morgan fingerprint density at radius 1 is 1.28 bits per heavy atom. The zero-order valence-electron chi connectivity index (χ0n) is 11.2. The van der Waals surface area contributed by atoms with Gasteiger partial charge in [0.05, 0.1) is 18.3 Å². The van der Waals surface area contributed by atoms with Gasteiger partial charge in [0.25, 0.3) is 0 Å². The lowest BCUT2D eigenvalue weighted by atomic mass is 9.99. The molecule has 3 rings (SSSR count). The second kappa shape index (κ2) is 4.80. The highest BCUT2D eigenvalue weighted by Gasteiger charge is 2.36. The van der Waals surface area contributed by atoms with Crippen molar-refractivity contribution in [3.63, 3.8) is 0 Å². The van der Waals surface area contributed by atoms with Crippen LogP contribution >= 0.6 is 0 Å². The van der Waals surface area contributed by atoms with E-state index in [2.05, 4.69) is 16.3 Å². The average molecular weight is 249 g/mol. The van der Waals surface area contributed by atoms with Gasteiger partial charge in [0.1, 0.15) is 5.54 Å². The lowest BCUT2D eigenvalue weighted by molar-refractivity contribution is -0.0395. The van der Waals surface area contributed by atoms with E-state index < -0.39 is 0 Å². The highest BCUT2D eigenvalue weighted by atomic mass is 16.5. The molecule has 1 aliphatic carbocycles. The van der Waals surface area contributed by atoms with Crippen LogP contribution in [0.4, 0.5) is 0 Å². The molecule has 3 atom stereocenters. The standard InChI is InChI=1S/C14H23N3O/c1-14(10-15,16-11-2-3-11)6-7-17-8-12-4-5-13(9-17)18-12/h11-13,16H,2-9H2,1H3. The number of ether oxygens (including phenoxy) is 1. The van der Waals surface area contributed by atoms with Gasteiger partial charge in [-0.2, -0.15) is 5.26 Å². The van der Waals surface area contributed by atoms with E-state index in [1.54, 1.807) is 0 Å². The normalized spacial score (nSPS) is 35.1. The van der Waals surface area contributed by atoms with Crippen LogP contribution in [0.25, 0.3) is 0 Å². The lowest BCUT2D eigenvalue weighted by Crippen LogP contribution is -2.48. The van der Waals surface area contributed by atoms with Gasteiger partial charge >= 0.3 is 0 Å². The van der Waals surface area contributed by atoms with Gasteiger partial charge in [-0.3, -0.25) is 10.2 Å². The van der Waals surface area contributed by atoms with Crippen LogP contribution in [-0.2, 0) is 4.74 Å². The molecule has 0 amide bonds. The quantitative estimate of drug-likeness (QED) is 0.797. The van der Waals surface area contributed by atoms with E-state index in [1.807, 2.05) is 6.92 Å². The Morgan fingerprint density at radius 3 is 2.50 bits per heavy atom. The number of nitrogens with one attached hydrogen (secondary N) is 1. The molecule has 3 fully saturated rings. The minimum atomic E-state index is -0.349. The summed E-state index contributed by atoms with van der Waals surface area (Å²) >= 11 is 0. The maximum atomic E-state index is 9.35. The van der Waals surface area contributed by atoms with E-state index >= 15 is 0 Å². The Kier molecular flexibility index (Phi) is 3.31. The second-order valence-corrected chi connectivity index (χ2v) is 6.33. The predicted molar refractivity (Wildman–Crippen MR) is 69.1 cm³/mol. The number of hydrogen-bond donors (Lipinski definition) is 1. The van der Waals surface area contributed by atoms with Gasteiger partial charge in [0.2, 0.25) is 0 Å². The second-order valence-electron chi connectivity index (χ2n) is 6.33. The molecule has 0 aromatic heterocycles. The van der Waals surface area contributed by atoms with Gasteiger partial charge in [-0.1, -0.05) is 0 Å². The summed E-state index contributed by atoms with van der Waals surface area (Å²) in [4.78, 5) is 2.48. The van der Waals surface area contributed by atoms with Gasteiger partial charge in [-0.15, -0.1) is 0 Å². The fourth-order valence-electron chi connectivity index (χ4n) is 3.10.